The summed E-state index contributed by atoms with van der Waals surface area (Å²) in [6.07, 6.45) is 0. The standard InChI is InChI=1S/C11H11BrO4/c1-14-5-6-15-7-3-2-4-8-9(7)10(13)11(12)16-8/h2-4,13H,5-6H2,1H3. The topological polar surface area (TPSA) is 51.8 Å². The van der Waals surface area contributed by atoms with E-state index in [1.807, 2.05) is 0 Å². The molecule has 0 saturated carbocycles. The van der Waals surface area contributed by atoms with Gasteiger partial charge in [-0.2, -0.15) is 0 Å². The van der Waals surface area contributed by atoms with E-state index in [2.05, 4.69) is 15.9 Å². The fraction of sp³-hybridized carbons (Fsp3) is 0.273. The molecule has 0 unspecified atom stereocenters. The fourth-order valence-electron chi connectivity index (χ4n) is 1.43. The van der Waals surface area contributed by atoms with Gasteiger partial charge in [-0.15, -0.1) is 0 Å². The number of hydrogen-bond donors (Lipinski definition) is 1. The lowest BCUT2D eigenvalue weighted by Gasteiger charge is -2.05. The van der Waals surface area contributed by atoms with E-state index in [1.54, 1.807) is 25.3 Å². The number of fused-ring (bicyclic) bond motifs is 1. The number of methoxy groups -OCH3 is 1. The zero-order chi connectivity index (χ0) is 11.5. The van der Waals surface area contributed by atoms with Gasteiger partial charge in [0.25, 0.3) is 0 Å². The maximum absolute atomic E-state index is 9.78. The van der Waals surface area contributed by atoms with Crippen LogP contribution in [0.15, 0.2) is 27.3 Å². The smallest absolute Gasteiger partial charge is 0.212 e. The number of furan rings is 1. The fourth-order valence-corrected chi connectivity index (χ4v) is 1.80. The molecule has 1 heterocycles. The van der Waals surface area contributed by atoms with Crippen LogP contribution < -0.4 is 4.74 Å². The van der Waals surface area contributed by atoms with Crippen molar-refractivity contribution >= 4 is 26.9 Å². The van der Waals surface area contributed by atoms with Gasteiger partial charge in [-0.05, 0) is 28.1 Å². The van der Waals surface area contributed by atoms with Gasteiger partial charge in [0, 0.05) is 7.11 Å². The number of ether oxygens (including phenoxy) is 2. The monoisotopic (exact) mass is 286 g/mol. The highest BCUT2D eigenvalue weighted by Crippen LogP contribution is 2.40. The van der Waals surface area contributed by atoms with Crippen molar-refractivity contribution in [1.29, 1.82) is 0 Å². The van der Waals surface area contributed by atoms with Crippen LogP contribution in [0, 0.1) is 0 Å². The third kappa shape index (κ3) is 2.01. The summed E-state index contributed by atoms with van der Waals surface area (Å²) in [6, 6.07) is 5.35. The minimum Gasteiger partial charge on any atom is -0.503 e. The minimum absolute atomic E-state index is 0.0583. The first-order chi connectivity index (χ1) is 7.74. The van der Waals surface area contributed by atoms with Crippen molar-refractivity contribution in [3.8, 4) is 11.5 Å². The molecular weight excluding hydrogens is 276 g/mol. The molecule has 1 aromatic carbocycles. The van der Waals surface area contributed by atoms with E-state index in [4.69, 9.17) is 13.9 Å². The summed E-state index contributed by atoms with van der Waals surface area (Å²) in [5, 5.41) is 10.4. The zero-order valence-electron chi connectivity index (χ0n) is 8.70. The van der Waals surface area contributed by atoms with E-state index in [1.165, 1.54) is 0 Å². The predicted octanol–water partition coefficient (Wildman–Crippen LogP) is 2.93. The Hall–Kier alpha value is -1.20. The Morgan fingerprint density at radius 2 is 2.19 bits per heavy atom. The molecule has 0 aliphatic heterocycles. The second-order valence-corrected chi connectivity index (χ2v) is 3.92. The molecule has 5 heteroatoms. The number of rotatable bonds is 4. The summed E-state index contributed by atoms with van der Waals surface area (Å²) < 4.78 is 16.0. The highest BCUT2D eigenvalue weighted by atomic mass is 79.9. The van der Waals surface area contributed by atoms with E-state index in [0.717, 1.165) is 0 Å². The van der Waals surface area contributed by atoms with Crippen LogP contribution in [0.3, 0.4) is 0 Å². The molecule has 2 rings (SSSR count). The van der Waals surface area contributed by atoms with Gasteiger partial charge in [0.1, 0.15) is 23.3 Å². The van der Waals surface area contributed by atoms with Gasteiger partial charge in [0.15, 0.2) is 5.75 Å². The quantitative estimate of drug-likeness (QED) is 0.878. The second kappa shape index (κ2) is 4.76. The highest BCUT2D eigenvalue weighted by Gasteiger charge is 2.15. The Morgan fingerprint density at radius 3 is 2.94 bits per heavy atom. The molecule has 0 atom stereocenters. The third-order valence-electron chi connectivity index (χ3n) is 2.16. The number of benzene rings is 1. The summed E-state index contributed by atoms with van der Waals surface area (Å²) in [5.74, 6) is 0.643. The minimum atomic E-state index is 0.0583. The van der Waals surface area contributed by atoms with Crippen LogP contribution in [0.25, 0.3) is 11.0 Å². The van der Waals surface area contributed by atoms with Gasteiger partial charge in [0.05, 0.1) is 6.61 Å². The van der Waals surface area contributed by atoms with Gasteiger partial charge in [-0.1, -0.05) is 6.07 Å². The second-order valence-electron chi connectivity index (χ2n) is 3.19. The molecule has 1 N–H and O–H groups in total. The van der Waals surface area contributed by atoms with Crippen molar-refractivity contribution in [2.75, 3.05) is 20.3 Å². The van der Waals surface area contributed by atoms with Crippen molar-refractivity contribution in [2.24, 2.45) is 0 Å². The third-order valence-corrected chi connectivity index (χ3v) is 2.69. The lowest BCUT2D eigenvalue weighted by atomic mass is 10.2. The van der Waals surface area contributed by atoms with E-state index in [9.17, 15) is 5.11 Å². The first kappa shape index (κ1) is 11.3. The molecule has 0 bridgehead atoms. The SMILES string of the molecule is COCCOc1cccc2oc(Br)c(O)c12. The molecule has 4 nitrogen and oxygen atoms in total. The Morgan fingerprint density at radius 1 is 1.38 bits per heavy atom. The summed E-state index contributed by atoms with van der Waals surface area (Å²) in [4.78, 5) is 0. The van der Waals surface area contributed by atoms with Gasteiger partial charge in [-0.25, -0.2) is 0 Å². The molecule has 0 saturated heterocycles. The summed E-state index contributed by atoms with van der Waals surface area (Å²) in [5.41, 5.74) is 0.583. The normalized spacial score (nSPS) is 10.9. The van der Waals surface area contributed by atoms with Crippen LogP contribution in [0.1, 0.15) is 0 Å². The van der Waals surface area contributed by atoms with Crippen LogP contribution in [0.4, 0.5) is 0 Å². The average Bonchev–Trinajstić information content (AvgIpc) is 2.56. The Labute approximate surface area is 101 Å². The Balaban J connectivity index is 2.36. The molecule has 86 valence electrons. The Kier molecular flexibility index (Phi) is 3.36. The maximum Gasteiger partial charge on any atom is 0.212 e. The first-order valence-corrected chi connectivity index (χ1v) is 5.55. The molecule has 0 aliphatic carbocycles. The first-order valence-electron chi connectivity index (χ1n) is 4.75. The van der Waals surface area contributed by atoms with Crippen LogP contribution in [0.2, 0.25) is 0 Å². The number of halogens is 1. The molecule has 0 amide bonds. The lowest BCUT2D eigenvalue weighted by molar-refractivity contribution is 0.147. The van der Waals surface area contributed by atoms with Crippen molar-refractivity contribution < 1.29 is 19.0 Å². The van der Waals surface area contributed by atoms with Gasteiger partial charge in [0.2, 0.25) is 4.67 Å². The molecule has 16 heavy (non-hydrogen) atoms. The lowest BCUT2D eigenvalue weighted by Crippen LogP contribution is -2.04. The molecule has 0 radical (unpaired) electrons. The number of hydrogen-bond acceptors (Lipinski definition) is 4. The van der Waals surface area contributed by atoms with Crippen LogP contribution in [0.5, 0.6) is 11.5 Å². The van der Waals surface area contributed by atoms with Crippen molar-refractivity contribution in [3.05, 3.63) is 22.9 Å². The van der Waals surface area contributed by atoms with Crippen molar-refractivity contribution in [1.82, 2.24) is 0 Å². The van der Waals surface area contributed by atoms with Gasteiger partial charge in [-0.3, -0.25) is 0 Å². The van der Waals surface area contributed by atoms with Crippen LogP contribution in [-0.2, 0) is 4.74 Å². The zero-order valence-corrected chi connectivity index (χ0v) is 10.3. The van der Waals surface area contributed by atoms with E-state index in [0.29, 0.717) is 34.6 Å². The van der Waals surface area contributed by atoms with E-state index >= 15 is 0 Å². The Bertz CT molecular complexity index is 492. The largest absolute Gasteiger partial charge is 0.503 e. The van der Waals surface area contributed by atoms with Crippen LogP contribution >= 0.6 is 15.9 Å². The highest BCUT2D eigenvalue weighted by molar-refractivity contribution is 9.10. The van der Waals surface area contributed by atoms with Gasteiger partial charge < -0.3 is 19.0 Å². The van der Waals surface area contributed by atoms with Crippen molar-refractivity contribution in [2.45, 2.75) is 0 Å². The van der Waals surface area contributed by atoms with E-state index < -0.39 is 0 Å². The molecule has 2 aromatic rings. The molecule has 1 aromatic heterocycles. The van der Waals surface area contributed by atoms with Crippen LogP contribution in [-0.4, -0.2) is 25.4 Å². The molecule has 0 spiro atoms. The van der Waals surface area contributed by atoms with Crippen molar-refractivity contribution in [3.63, 3.8) is 0 Å². The summed E-state index contributed by atoms with van der Waals surface area (Å²) in [7, 11) is 1.61. The summed E-state index contributed by atoms with van der Waals surface area (Å²) >= 11 is 3.13. The number of aromatic hydroxyl groups is 1. The molecule has 0 fully saturated rings. The molecular formula is C11H11BrO4. The predicted molar refractivity (Wildman–Crippen MR) is 62.9 cm³/mol. The van der Waals surface area contributed by atoms with E-state index in [-0.39, 0.29) is 5.75 Å². The molecule has 0 aliphatic rings. The average molecular weight is 287 g/mol. The maximum atomic E-state index is 9.78. The van der Waals surface area contributed by atoms with Gasteiger partial charge >= 0.3 is 0 Å². The summed E-state index contributed by atoms with van der Waals surface area (Å²) in [6.45, 7) is 0.925.